The lowest BCUT2D eigenvalue weighted by molar-refractivity contribution is -0.140. The number of carbonyl (C=O) groups is 1. The van der Waals surface area contributed by atoms with Crippen molar-refractivity contribution in [3.05, 3.63) is 35.4 Å². The number of hydrogen-bond donors (Lipinski definition) is 0. The number of halogens is 1. The summed E-state index contributed by atoms with van der Waals surface area (Å²) in [6.45, 7) is 3.80. The van der Waals surface area contributed by atoms with Gasteiger partial charge in [-0.05, 0) is 37.8 Å². The largest absolute Gasteiger partial charge is 0.338 e. The normalized spacial score (nSPS) is 18.6. The molecular weight excluding hydrogens is 246 g/mol. The molecule has 1 unspecified atom stereocenters. The summed E-state index contributed by atoms with van der Waals surface area (Å²) < 4.78 is 0. The van der Waals surface area contributed by atoms with Crippen molar-refractivity contribution in [3.63, 3.8) is 0 Å². The molecule has 1 aromatic rings. The van der Waals surface area contributed by atoms with Crippen molar-refractivity contribution in [2.45, 2.75) is 32.7 Å². The van der Waals surface area contributed by atoms with Gasteiger partial charge in [-0.3, -0.25) is 4.79 Å². The number of fused-ring (bicyclic) bond motifs is 1. The summed E-state index contributed by atoms with van der Waals surface area (Å²) in [4.78, 5) is 14.3. The molecule has 2 rings (SSSR count). The first-order chi connectivity index (χ1) is 8.47. The van der Waals surface area contributed by atoms with Crippen LogP contribution >= 0.6 is 11.6 Å². The molecule has 0 spiro atoms. The van der Waals surface area contributed by atoms with Gasteiger partial charge in [0.25, 0.3) is 0 Å². The lowest BCUT2D eigenvalue weighted by Gasteiger charge is -2.32. The number of carbonyl (C=O) groups excluding carboxylic acids is 1. The quantitative estimate of drug-likeness (QED) is 0.767. The molecule has 0 saturated carbocycles. The average molecular weight is 266 g/mol. The maximum atomic E-state index is 12.4. The fourth-order valence-electron chi connectivity index (χ4n) is 2.61. The number of nitrogens with zero attached hydrogens (tertiary/aromatic N) is 1. The van der Waals surface area contributed by atoms with Crippen LogP contribution in [0.3, 0.4) is 0 Å². The third kappa shape index (κ3) is 2.26. The van der Waals surface area contributed by atoms with Gasteiger partial charge < -0.3 is 4.90 Å². The van der Waals surface area contributed by atoms with E-state index < -0.39 is 5.41 Å². The fourth-order valence-corrected chi connectivity index (χ4v) is 2.73. The molecule has 0 radical (unpaired) electrons. The van der Waals surface area contributed by atoms with Gasteiger partial charge in [0.15, 0.2) is 0 Å². The Morgan fingerprint density at radius 3 is 2.78 bits per heavy atom. The Morgan fingerprint density at radius 2 is 2.11 bits per heavy atom. The minimum Gasteiger partial charge on any atom is -0.338 e. The molecule has 1 amide bonds. The Morgan fingerprint density at radius 1 is 1.44 bits per heavy atom. The first-order valence-corrected chi connectivity index (χ1v) is 6.92. The third-order valence-corrected chi connectivity index (χ3v) is 4.47. The van der Waals surface area contributed by atoms with Gasteiger partial charge in [-0.15, -0.1) is 11.6 Å². The second kappa shape index (κ2) is 4.93. The molecule has 1 aromatic carbocycles. The third-order valence-electron chi connectivity index (χ3n) is 3.80. The van der Waals surface area contributed by atoms with E-state index in [-0.39, 0.29) is 11.9 Å². The molecule has 2 nitrogen and oxygen atoms in total. The molecule has 0 heterocycles. The molecule has 98 valence electrons. The van der Waals surface area contributed by atoms with Crippen LogP contribution in [0.25, 0.3) is 0 Å². The Hall–Kier alpha value is -1.02. The van der Waals surface area contributed by atoms with Crippen LogP contribution in [0.5, 0.6) is 0 Å². The highest BCUT2D eigenvalue weighted by Crippen LogP contribution is 2.36. The SMILES string of the molecule is CN(C(=O)C(C)(C)CCl)C1CCc2ccccc21. The molecule has 1 aliphatic rings. The summed E-state index contributed by atoms with van der Waals surface area (Å²) >= 11 is 5.89. The van der Waals surface area contributed by atoms with Crippen molar-refractivity contribution in [1.29, 1.82) is 0 Å². The standard InChI is InChI=1S/C15H20ClNO/c1-15(2,10-16)14(18)17(3)13-9-8-11-6-4-5-7-12(11)13/h4-7,13H,8-10H2,1-3H3. The second-order valence-corrected chi connectivity index (χ2v) is 5.95. The average Bonchev–Trinajstić information content (AvgIpc) is 2.80. The monoisotopic (exact) mass is 265 g/mol. The van der Waals surface area contributed by atoms with Crippen LogP contribution in [0, 0.1) is 5.41 Å². The molecule has 0 aromatic heterocycles. The Kier molecular flexibility index (Phi) is 3.67. The summed E-state index contributed by atoms with van der Waals surface area (Å²) in [7, 11) is 1.89. The topological polar surface area (TPSA) is 20.3 Å². The highest BCUT2D eigenvalue weighted by atomic mass is 35.5. The molecular formula is C15H20ClNO. The number of hydrogen-bond acceptors (Lipinski definition) is 1. The van der Waals surface area contributed by atoms with Gasteiger partial charge in [0.05, 0.1) is 11.5 Å². The lowest BCUT2D eigenvalue weighted by atomic mass is 9.93. The predicted octanol–water partition coefficient (Wildman–Crippen LogP) is 3.40. The van der Waals surface area contributed by atoms with Gasteiger partial charge in [0, 0.05) is 12.9 Å². The molecule has 0 fully saturated rings. The number of alkyl halides is 1. The number of aryl methyl sites for hydroxylation is 1. The van der Waals surface area contributed by atoms with E-state index in [4.69, 9.17) is 11.6 Å². The molecule has 18 heavy (non-hydrogen) atoms. The first-order valence-electron chi connectivity index (χ1n) is 6.38. The summed E-state index contributed by atoms with van der Waals surface area (Å²) in [6.07, 6.45) is 2.07. The van der Waals surface area contributed by atoms with Crippen molar-refractivity contribution < 1.29 is 4.79 Å². The molecule has 0 bridgehead atoms. The zero-order chi connectivity index (χ0) is 13.3. The minimum absolute atomic E-state index is 0.124. The Balaban J connectivity index is 2.22. The number of rotatable bonds is 3. The molecule has 0 N–H and O–H groups in total. The van der Waals surface area contributed by atoms with Gasteiger partial charge in [-0.25, -0.2) is 0 Å². The summed E-state index contributed by atoms with van der Waals surface area (Å²) in [6, 6.07) is 8.59. The van der Waals surface area contributed by atoms with Crippen molar-refractivity contribution in [3.8, 4) is 0 Å². The summed E-state index contributed by atoms with van der Waals surface area (Å²) in [5, 5.41) is 0. The lowest BCUT2D eigenvalue weighted by Crippen LogP contribution is -2.41. The van der Waals surface area contributed by atoms with Crippen molar-refractivity contribution >= 4 is 17.5 Å². The maximum Gasteiger partial charge on any atom is 0.229 e. The Bertz CT molecular complexity index is 456. The molecule has 0 aliphatic heterocycles. The van der Waals surface area contributed by atoms with Gasteiger partial charge >= 0.3 is 0 Å². The molecule has 1 aliphatic carbocycles. The summed E-state index contributed by atoms with van der Waals surface area (Å²) in [5.74, 6) is 0.476. The minimum atomic E-state index is -0.492. The van der Waals surface area contributed by atoms with E-state index in [1.165, 1.54) is 11.1 Å². The van der Waals surface area contributed by atoms with Crippen LogP contribution in [0.15, 0.2) is 24.3 Å². The van der Waals surface area contributed by atoms with Crippen LogP contribution in [0.2, 0.25) is 0 Å². The van der Waals surface area contributed by atoms with Crippen LogP contribution in [-0.2, 0) is 11.2 Å². The predicted molar refractivity (Wildman–Crippen MR) is 74.8 cm³/mol. The second-order valence-electron chi connectivity index (χ2n) is 5.69. The van der Waals surface area contributed by atoms with E-state index in [1.807, 2.05) is 31.9 Å². The number of amides is 1. The van der Waals surface area contributed by atoms with Crippen LogP contribution in [0.1, 0.15) is 37.4 Å². The van der Waals surface area contributed by atoms with Crippen LogP contribution in [0.4, 0.5) is 0 Å². The smallest absolute Gasteiger partial charge is 0.229 e. The fraction of sp³-hybridized carbons (Fsp3) is 0.533. The van der Waals surface area contributed by atoms with E-state index in [9.17, 15) is 4.79 Å². The van der Waals surface area contributed by atoms with Crippen LogP contribution < -0.4 is 0 Å². The zero-order valence-corrected chi connectivity index (χ0v) is 12.0. The highest BCUT2D eigenvalue weighted by molar-refractivity contribution is 6.19. The van der Waals surface area contributed by atoms with E-state index in [1.54, 1.807) is 0 Å². The van der Waals surface area contributed by atoms with Gasteiger partial charge in [-0.2, -0.15) is 0 Å². The number of benzene rings is 1. The van der Waals surface area contributed by atoms with E-state index in [0.29, 0.717) is 5.88 Å². The van der Waals surface area contributed by atoms with E-state index in [0.717, 1.165) is 12.8 Å². The van der Waals surface area contributed by atoms with Crippen molar-refractivity contribution in [2.24, 2.45) is 5.41 Å². The van der Waals surface area contributed by atoms with Crippen molar-refractivity contribution in [2.75, 3.05) is 12.9 Å². The summed E-state index contributed by atoms with van der Waals surface area (Å²) in [5.41, 5.74) is 2.16. The van der Waals surface area contributed by atoms with Crippen molar-refractivity contribution in [1.82, 2.24) is 4.90 Å². The van der Waals surface area contributed by atoms with E-state index in [2.05, 4.69) is 18.2 Å². The first kappa shape index (κ1) is 13.4. The van der Waals surface area contributed by atoms with Crippen LogP contribution in [-0.4, -0.2) is 23.7 Å². The Labute approximate surface area is 114 Å². The molecule has 1 atom stereocenters. The van der Waals surface area contributed by atoms with Gasteiger partial charge in [0.2, 0.25) is 5.91 Å². The zero-order valence-electron chi connectivity index (χ0n) is 11.2. The van der Waals surface area contributed by atoms with Gasteiger partial charge in [-0.1, -0.05) is 24.3 Å². The molecule has 3 heteroatoms. The maximum absolute atomic E-state index is 12.4. The van der Waals surface area contributed by atoms with E-state index >= 15 is 0 Å². The van der Waals surface area contributed by atoms with Gasteiger partial charge in [0.1, 0.15) is 0 Å². The molecule has 0 saturated heterocycles. The highest BCUT2D eigenvalue weighted by Gasteiger charge is 2.35.